The monoisotopic (exact) mass is 209 g/mol. The number of aryl methyl sites for hydroxylation is 1. The molecule has 0 spiro atoms. The maximum absolute atomic E-state index is 4.53. The average Bonchev–Trinajstić information content (AvgIpc) is 2.66. The van der Waals surface area contributed by atoms with Gasteiger partial charge in [-0.15, -0.1) is 0 Å². The second-order valence-electron chi connectivity index (χ2n) is 4.42. The average molecular weight is 209 g/mol. The van der Waals surface area contributed by atoms with Gasteiger partial charge >= 0.3 is 0 Å². The first-order valence-corrected chi connectivity index (χ1v) is 6.13. The summed E-state index contributed by atoms with van der Waals surface area (Å²) in [5.74, 6) is 2.51. The van der Waals surface area contributed by atoms with E-state index in [2.05, 4.69) is 14.3 Å². The van der Waals surface area contributed by atoms with Gasteiger partial charge in [0.15, 0.2) is 0 Å². The highest BCUT2D eigenvalue weighted by atomic mass is 32.1. The molecule has 3 saturated heterocycles. The number of aromatic nitrogens is 2. The summed E-state index contributed by atoms with van der Waals surface area (Å²) in [5, 5.41) is 1.27. The molecule has 2 bridgehead atoms. The summed E-state index contributed by atoms with van der Waals surface area (Å²) >= 11 is 1.61. The van der Waals surface area contributed by atoms with E-state index in [0.717, 1.165) is 11.7 Å². The Kier molecular flexibility index (Phi) is 2.06. The third-order valence-corrected chi connectivity index (χ3v) is 4.45. The molecule has 4 heterocycles. The summed E-state index contributed by atoms with van der Waals surface area (Å²) in [6.07, 6.45) is 2.73. The largest absolute Gasteiger partial charge is 0.303 e. The van der Waals surface area contributed by atoms with Crippen LogP contribution in [0.3, 0.4) is 0 Å². The van der Waals surface area contributed by atoms with Crippen molar-refractivity contribution in [1.82, 2.24) is 14.3 Å². The minimum absolute atomic E-state index is 0.684. The molecule has 4 heteroatoms. The molecule has 3 aliphatic heterocycles. The van der Waals surface area contributed by atoms with E-state index in [9.17, 15) is 0 Å². The van der Waals surface area contributed by atoms with Crippen LogP contribution in [0.1, 0.15) is 29.6 Å². The number of piperidine rings is 3. The summed E-state index contributed by atoms with van der Waals surface area (Å²) < 4.78 is 4.29. The van der Waals surface area contributed by atoms with E-state index >= 15 is 0 Å². The molecule has 0 aliphatic carbocycles. The van der Waals surface area contributed by atoms with Gasteiger partial charge in [-0.3, -0.25) is 0 Å². The van der Waals surface area contributed by atoms with Crippen LogP contribution in [0.15, 0.2) is 0 Å². The number of rotatable bonds is 1. The molecular weight excluding hydrogens is 194 g/mol. The molecule has 3 fully saturated rings. The van der Waals surface area contributed by atoms with Crippen LogP contribution >= 0.6 is 11.5 Å². The van der Waals surface area contributed by atoms with Crippen LogP contribution in [0, 0.1) is 12.8 Å². The molecule has 0 radical (unpaired) electrons. The van der Waals surface area contributed by atoms with Crippen molar-refractivity contribution in [1.29, 1.82) is 0 Å². The van der Waals surface area contributed by atoms with Crippen molar-refractivity contribution >= 4 is 11.5 Å². The maximum Gasteiger partial charge on any atom is 0.139 e. The van der Waals surface area contributed by atoms with E-state index in [1.807, 2.05) is 6.92 Å². The van der Waals surface area contributed by atoms with Gasteiger partial charge in [0.25, 0.3) is 0 Å². The Hall–Kier alpha value is -0.480. The van der Waals surface area contributed by atoms with Crippen molar-refractivity contribution in [2.24, 2.45) is 5.92 Å². The molecule has 1 unspecified atom stereocenters. The van der Waals surface area contributed by atoms with E-state index in [0.29, 0.717) is 5.92 Å². The van der Waals surface area contributed by atoms with Crippen molar-refractivity contribution in [3.63, 3.8) is 0 Å². The smallest absolute Gasteiger partial charge is 0.139 e. The van der Waals surface area contributed by atoms with Gasteiger partial charge in [0.1, 0.15) is 10.8 Å². The summed E-state index contributed by atoms with van der Waals surface area (Å²) in [4.78, 5) is 7.10. The lowest BCUT2D eigenvalue weighted by molar-refractivity contribution is 0.0869. The molecule has 1 aromatic heterocycles. The van der Waals surface area contributed by atoms with Crippen LogP contribution in [0.4, 0.5) is 0 Å². The first-order chi connectivity index (χ1) is 6.83. The minimum Gasteiger partial charge on any atom is -0.303 e. The number of nitrogens with zero attached hydrogens (tertiary/aromatic N) is 3. The zero-order valence-electron chi connectivity index (χ0n) is 8.44. The van der Waals surface area contributed by atoms with E-state index in [1.54, 1.807) is 11.5 Å². The van der Waals surface area contributed by atoms with Gasteiger partial charge in [0.2, 0.25) is 0 Å². The fourth-order valence-corrected chi connectivity index (χ4v) is 3.55. The Bertz CT molecular complexity index is 328. The third kappa shape index (κ3) is 1.37. The van der Waals surface area contributed by atoms with Gasteiger partial charge in [-0.2, -0.15) is 4.37 Å². The first-order valence-electron chi connectivity index (χ1n) is 5.35. The Morgan fingerprint density at radius 1 is 1.36 bits per heavy atom. The molecule has 14 heavy (non-hydrogen) atoms. The maximum atomic E-state index is 4.53. The van der Waals surface area contributed by atoms with Crippen molar-refractivity contribution in [3.8, 4) is 0 Å². The normalized spacial score (nSPS) is 36.2. The summed E-state index contributed by atoms with van der Waals surface area (Å²) in [5.41, 5.74) is 0. The summed E-state index contributed by atoms with van der Waals surface area (Å²) in [6, 6.07) is 0. The topological polar surface area (TPSA) is 29.0 Å². The zero-order chi connectivity index (χ0) is 9.54. The van der Waals surface area contributed by atoms with Crippen LogP contribution in [-0.4, -0.2) is 33.9 Å². The van der Waals surface area contributed by atoms with Crippen molar-refractivity contribution in [2.45, 2.75) is 25.7 Å². The molecule has 0 saturated carbocycles. The summed E-state index contributed by atoms with van der Waals surface area (Å²) in [6.45, 7) is 5.82. The highest BCUT2D eigenvalue weighted by Gasteiger charge is 2.36. The standard InChI is InChI=1S/C10H15N3S/c1-7-11-10(14-12-7)9-6-13-4-2-8(9)3-5-13/h8-9H,2-6H2,1H3. The minimum atomic E-state index is 0.684. The second kappa shape index (κ2) is 3.28. The zero-order valence-corrected chi connectivity index (χ0v) is 9.26. The Balaban J connectivity index is 1.85. The predicted octanol–water partition coefficient (Wildman–Crippen LogP) is 1.66. The molecule has 1 aromatic rings. The van der Waals surface area contributed by atoms with Gasteiger partial charge in [-0.1, -0.05) is 0 Å². The van der Waals surface area contributed by atoms with Crippen LogP contribution in [0.5, 0.6) is 0 Å². The van der Waals surface area contributed by atoms with Crippen LogP contribution in [-0.2, 0) is 0 Å². The van der Waals surface area contributed by atoms with E-state index < -0.39 is 0 Å². The van der Waals surface area contributed by atoms with Gasteiger partial charge in [-0.25, -0.2) is 4.98 Å². The third-order valence-electron chi connectivity index (χ3n) is 3.52. The lowest BCUT2D eigenvalue weighted by Gasteiger charge is -2.43. The van der Waals surface area contributed by atoms with Crippen molar-refractivity contribution in [2.75, 3.05) is 19.6 Å². The Morgan fingerprint density at radius 2 is 2.14 bits per heavy atom. The number of hydrogen-bond donors (Lipinski definition) is 0. The molecule has 76 valence electrons. The van der Waals surface area contributed by atoms with Gasteiger partial charge in [0.05, 0.1) is 0 Å². The Labute approximate surface area is 88.3 Å². The molecule has 4 rings (SSSR count). The molecule has 0 aromatic carbocycles. The molecular formula is C10H15N3S. The molecule has 3 aliphatic rings. The van der Waals surface area contributed by atoms with E-state index in [4.69, 9.17) is 0 Å². The van der Waals surface area contributed by atoms with Gasteiger partial charge < -0.3 is 4.90 Å². The SMILES string of the molecule is Cc1nsc(C2CN3CCC2CC3)n1. The molecule has 0 N–H and O–H groups in total. The fraction of sp³-hybridized carbons (Fsp3) is 0.800. The lowest BCUT2D eigenvalue weighted by Crippen LogP contribution is -2.46. The molecule has 0 amide bonds. The van der Waals surface area contributed by atoms with Gasteiger partial charge in [0, 0.05) is 12.5 Å². The van der Waals surface area contributed by atoms with Crippen molar-refractivity contribution < 1.29 is 0 Å². The van der Waals surface area contributed by atoms with Crippen LogP contribution < -0.4 is 0 Å². The summed E-state index contributed by atoms with van der Waals surface area (Å²) in [7, 11) is 0. The number of fused-ring (bicyclic) bond motifs is 3. The molecule has 1 atom stereocenters. The quantitative estimate of drug-likeness (QED) is 0.704. The predicted molar refractivity (Wildman–Crippen MR) is 56.6 cm³/mol. The second-order valence-corrected chi connectivity index (χ2v) is 5.21. The lowest BCUT2D eigenvalue weighted by atomic mass is 9.79. The first kappa shape index (κ1) is 8.80. The van der Waals surface area contributed by atoms with Crippen LogP contribution in [0.2, 0.25) is 0 Å². The van der Waals surface area contributed by atoms with E-state index in [1.165, 1.54) is 37.5 Å². The van der Waals surface area contributed by atoms with E-state index in [-0.39, 0.29) is 0 Å². The highest BCUT2D eigenvalue weighted by molar-refractivity contribution is 7.05. The van der Waals surface area contributed by atoms with Crippen LogP contribution in [0.25, 0.3) is 0 Å². The fourth-order valence-electron chi connectivity index (χ4n) is 2.71. The Morgan fingerprint density at radius 3 is 2.64 bits per heavy atom. The van der Waals surface area contributed by atoms with Crippen molar-refractivity contribution in [3.05, 3.63) is 10.8 Å². The van der Waals surface area contributed by atoms with Gasteiger partial charge in [-0.05, 0) is 50.3 Å². The number of hydrogen-bond acceptors (Lipinski definition) is 4. The highest BCUT2D eigenvalue weighted by Crippen LogP contribution is 2.39. The molecule has 3 nitrogen and oxygen atoms in total.